The van der Waals surface area contributed by atoms with Gasteiger partial charge in [0.05, 0.1) is 0 Å². The number of carbonyl (C=O) groups is 2. The third kappa shape index (κ3) is 1.57. The van der Waals surface area contributed by atoms with Crippen molar-refractivity contribution in [2.45, 2.75) is 19.0 Å². The van der Waals surface area contributed by atoms with Gasteiger partial charge in [-0.05, 0) is 6.82 Å². The molecular formula is C5H7BO6. The average Bonchev–Trinajstić information content (AvgIpc) is 2.31. The van der Waals surface area contributed by atoms with Crippen molar-refractivity contribution in [3.63, 3.8) is 0 Å². The highest BCUT2D eigenvalue weighted by molar-refractivity contribution is 6.44. The molecule has 0 aromatic carbocycles. The van der Waals surface area contributed by atoms with Crippen molar-refractivity contribution < 1.29 is 29.1 Å². The zero-order valence-electron chi connectivity index (χ0n) is 6.26. The van der Waals surface area contributed by atoms with Gasteiger partial charge in [-0.2, -0.15) is 0 Å². The van der Waals surface area contributed by atoms with Crippen LogP contribution in [0.5, 0.6) is 0 Å². The Morgan fingerprint density at radius 2 is 1.50 bits per heavy atom. The zero-order chi connectivity index (χ0) is 9.30. The standard InChI is InChI=1S/C5H7BO6/c1-6-11-2(4(7)8)3(12-6)5(9)10/h2-3H,1H3,(H,7,8)(H,9,10). The molecule has 66 valence electrons. The Bertz CT molecular complexity index is 194. The highest BCUT2D eigenvalue weighted by Crippen LogP contribution is 2.16. The highest BCUT2D eigenvalue weighted by atomic mass is 16.7. The van der Waals surface area contributed by atoms with Gasteiger partial charge in [0.2, 0.25) is 0 Å². The summed E-state index contributed by atoms with van der Waals surface area (Å²) in [6, 6.07) is 0. The molecule has 2 atom stereocenters. The molecule has 0 bridgehead atoms. The minimum Gasteiger partial charge on any atom is -0.479 e. The van der Waals surface area contributed by atoms with E-state index in [1.165, 1.54) is 6.82 Å². The molecule has 1 aliphatic rings. The summed E-state index contributed by atoms with van der Waals surface area (Å²) < 4.78 is 9.39. The lowest BCUT2D eigenvalue weighted by molar-refractivity contribution is -0.156. The van der Waals surface area contributed by atoms with Crippen molar-refractivity contribution in [2.24, 2.45) is 0 Å². The van der Waals surface area contributed by atoms with Gasteiger partial charge in [-0.15, -0.1) is 0 Å². The van der Waals surface area contributed by atoms with Gasteiger partial charge in [-0.3, -0.25) is 0 Å². The Morgan fingerprint density at radius 3 is 1.75 bits per heavy atom. The SMILES string of the molecule is CB1OC(C(=O)O)C(C(=O)O)O1. The van der Waals surface area contributed by atoms with Crippen LogP contribution in [0.2, 0.25) is 6.82 Å². The van der Waals surface area contributed by atoms with Gasteiger partial charge in [0.1, 0.15) is 0 Å². The molecule has 0 aromatic rings. The maximum atomic E-state index is 10.4. The highest BCUT2D eigenvalue weighted by Gasteiger charge is 2.45. The summed E-state index contributed by atoms with van der Waals surface area (Å²) in [6.07, 6.45) is -2.81. The molecule has 1 heterocycles. The molecule has 12 heavy (non-hydrogen) atoms. The number of carboxylic acid groups (broad SMARTS) is 2. The molecule has 0 radical (unpaired) electrons. The maximum Gasteiger partial charge on any atom is 0.454 e. The predicted octanol–water partition coefficient (Wildman–Crippen LogP) is -0.942. The second kappa shape index (κ2) is 3.12. The maximum absolute atomic E-state index is 10.4. The molecule has 2 unspecified atom stereocenters. The van der Waals surface area contributed by atoms with E-state index in [1.54, 1.807) is 0 Å². The number of hydrogen-bond donors (Lipinski definition) is 2. The van der Waals surface area contributed by atoms with Crippen molar-refractivity contribution in [3.05, 3.63) is 0 Å². The third-order valence-electron chi connectivity index (χ3n) is 1.44. The van der Waals surface area contributed by atoms with Gasteiger partial charge in [0.15, 0.2) is 12.2 Å². The van der Waals surface area contributed by atoms with Gasteiger partial charge >= 0.3 is 19.1 Å². The van der Waals surface area contributed by atoms with E-state index in [1.807, 2.05) is 0 Å². The largest absolute Gasteiger partial charge is 0.479 e. The van der Waals surface area contributed by atoms with Gasteiger partial charge in [-0.25, -0.2) is 9.59 Å². The molecule has 1 rings (SSSR count). The summed E-state index contributed by atoms with van der Waals surface area (Å²) in [4.78, 5) is 20.8. The van der Waals surface area contributed by atoms with Crippen LogP contribution in [0.15, 0.2) is 0 Å². The van der Waals surface area contributed by atoms with Crippen molar-refractivity contribution in [1.29, 1.82) is 0 Å². The third-order valence-corrected chi connectivity index (χ3v) is 1.44. The van der Waals surface area contributed by atoms with E-state index in [4.69, 9.17) is 19.5 Å². The van der Waals surface area contributed by atoms with Gasteiger partial charge in [-0.1, -0.05) is 0 Å². The fraction of sp³-hybridized carbons (Fsp3) is 0.600. The fourth-order valence-electron chi connectivity index (χ4n) is 0.963. The molecule has 0 aromatic heterocycles. The lowest BCUT2D eigenvalue weighted by Crippen LogP contribution is -2.36. The first kappa shape index (κ1) is 9.02. The average molecular weight is 174 g/mol. The second-order valence-electron chi connectivity index (χ2n) is 2.36. The minimum absolute atomic E-state index is 0.785. The number of hydrogen-bond acceptors (Lipinski definition) is 4. The van der Waals surface area contributed by atoms with Crippen LogP contribution >= 0.6 is 0 Å². The Balaban J connectivity index is 2.72. The lowest BCUT2D eigenvalue weighted by Gasteiger charge is -2.08. The van der Waals surface area contributed by atoms with Crippen LogP contribution in [0.4, 0.5) is 0 Å². The Morgan fingerprint density at radius 1 is 1.17 bits per heavy atom. The molecule has 0 saturated carbocycles. The quantitative estimate of drug-likeness (QED) is 0.524. The molecule has 0 spiro atoms. The van der Waals surface area contributed by atoms with Gasteiger partial charge in [0, 0.05) is 0 Å². The van der Waals surface area contributed by atoms with E-state index in [9.17, 15) is 9.59 Å². The van der Waals surface area contributed by atoms with E-state index in [-0.39, 0.29) is 0 Å². The first-order chi connectivity index (χ1) is 5.52. The summed E-state index contributed by atoms with van der Waals surface area (Å²) in [5, 5.41) is 17.0. The lowest BCUT2D eigenvalue weighted by atomic mass is 9.97. The Labute approximate surface area is 68.2 Å². The molecule has 1 saturated heterocycles. The number of rotatable bonds is 2. The molecule has 0 aliphatic carbocycles. The van der Waals surface area contributed by atoms with Crippen LogP contribution in [0.3, 0.4) is 0 Å². The first-order valence-electron chi connectivity index (χ1n) is 3.29. The molecular weight excluding hydrogens is 167 g/mol. The van der Waals surface area contributed by atoms with Crippen LogP contribution in [0.25, 0.3) is 0 Å². The monoisotopic (exact) mass is 174 g/mol. The first-order valence-corrected chi connectivity index (χ1v) is 3.29. The van der Waals surface area contributed by atoms with Gasteiger partial charge < -0.3 is 19.5 Å². The van der Waals surface area contributed by atoms with Crippen LogP contribution < -0.4 is 0 Å². The summed E-state index contributed by atoms with van der Waals surface area (Å²) in [5.41, 5.74) is 0. The Kier molecular flexibility index (Phi) is 2.34. The molecule has 0 amide bonds. The van der Waals surface area contributed by atoms with E-state index in [0.29, 0.717) is 0 Å². The second-order valence-corrected chi connectivity index (χ2v) is 2.36. The molecule has 7 heteroatoms. The van der Waals surface area contributed by atoms with Crippen LogP contribution in [0.1, 0.15) is 0 Å². The predicted molar refractivity (Wildman–Crippen MR) is 36.6 cm³/mol. The smallest absolute Gasteiger partial charge is 0.454 e. The van der Waals surface area contributed by atoms with Crippen molar-refractivity contribution >= 4 is 19.1 Å². The summed E-state index contributed by atoms with van der Waals surface area (Å²) in [7, 11) is -0.785. The summed E-state index contributed by atoms with van der Waals surface area (Å²) in [6.45, 7) is 1.44. The van der Waals surface area contributed by atoms with Crippen molar-refractivity contribution in [3.8, 4) is 0 Å². The summed E-state index contributed by atoms with van der Waals surface area (Å²) >= 11 is 0. The fourth-order valence-corrected chi connectivity index (χ4v) is 0.963. The molecule has 2 N–H and O–H groups in total. The van der Waals surface area contributed by atoms with Crippen molar-refractivity contribution in [2.75, 3.05) is 0 Å². The van der Waals surface area contributed by atoms with E-state index >= 15 is 0 Å². The molecule has 1 fully saturated rings. The van der Waals surface area contributed by atoms with Crippen molar-refractivity contribution in [1.82, 2.24) is 0 Å². The van der Waals surface area contributed by atoms with Crippen LogP contribution in [-0.2, 0) is 18.9 Å². The molecule has 1 aliphatic heterocycles. The van der Waals surface area contributed by atoms with E-state index in [0.717, 1.165) is 0 Å². The number of carboxylic acids is 2. The normalized spacial score (nSPS) is 28.9. The van der Waals surface area contributed by atoms with E-state index in [2.05, 4.69) is 0 Å². The number of aliphatic carboxylic acids is 2. The minimum atomic E-state index is -1.41. The zero-order valence-corrected chi connectivity index (χ0v) is 6.26. The Hall–Kier alpha value is -1.08. The molecule has 6 nitrogen and oxygen atoms in total. The van der Waals surface area contributed by atoms with Crippen LogP contribution in [-0.4, -0.2) is 41.5 Å². The van der Waals surface area contributed by atoms with E-state index < -0.39 is 31.3 Å². The summed E-state index contributed by atoms with van der Waals surface area (Å²) in [5.74, 6) is -2.65. The topological polar surface area (TPSA) is 93.1 Å². The van der Waals surface area contributed by atoms with Crippen LogP contribution in [0, 0.1) is 0 Å². The van der Waals surface area contributed by atoms with Gasteiger partial charge in [0.25, 0.3) is 0 Å².